The molecule has 0 unspecified atom stereocenters. The molecule has 18 heavy (non-hydrogen) atoms. The highest BCUT2D eigenvalue weighted by Crippen LogP contribution is 2.21. The lowest BCUT2D eigenvalue weighted by molar-refractivity contribution is 0.181. The molecule has 2 aromatic carbocycles. The van der Waals surface area contributed by atoms with Crippen molar-refractivity contribution in [2.45, 2.75) is 0 Å². The van der Waals surface area contributed by atoms with E-state index in [0.717, 1.165) is 17.1 Å². The Balaban J connectivity index is 2.11. The molecule has 2 rings (SSSR count). The molecule has 3 nitrogen and oxygen atoms in total. The third-order valence-corrected chi connectivity index (χ3v) is 2.21. The summed E-state index contributed by atoms with van der Waals surface area (Å²) in [5.74, 6) is 7.23. The highest BCUT2D eigenvalue weighted by molar-refractivity contribution is 5.41. The summed E-state index contributed by atoms with van der Waals surface area (Å²) in [5.41, 5.74) is 2.83. The van der Waals surface area contributed by atoms with E-state index >= 15 is 0 Å². The Kier molecular flexibility index (Phi) is 4.37. The normalized spacial score (nSPS) is 9.39. The fourth-order valence-electron chi connectivity index (χ4n) is 1.45. The number of hydroxylamine groups is 1. The van der Waals surface area contributed by atoms with E-state index in [1.54, 1.807) is 0 Å². The second-order valence-electron chi connectivity index (χ2n) is 3.58. The third kappa shape index (κ3) is 3.63. The van der Waals surface area contributed by atoms with Gasteiger partial charge in [0, 0.05) is 5.56 Å². The Hall–Kier alpha value is -2.28. The van der Waals surface area contributed by atoms with Crippen molar-refractivity contribution in [3.05, 3.63) is 60.2 Å². The molecule has 0 spiro atoms. The zero-order valence-corrected chi connectivity index (χ0v) is 9.76. The zero-order valence-electron chi connectivity index (χ0n) is 9.76. The molecule has 0 saturated heterocycles. The molecule has 0 aliphatic carbocycles. The standard InChI is InChI=1S/C15H13NO2/c17-16-11-5-7-13-6-4-10-15(12-13)18-14-8-2-1-3-9-14/h1-4,6,8-10,12,16-17H,11H2. The van der Waals surface area contributed by atoms with Gasteiger partial charge in [0.2, 0.25) is 0 Å². The van der Waals surface area contributed by atoms with Crippen molar-refractivity contribution in [2.24, 2.45) is 0 Å². The Morgan fingerprint density at radius 2 is 1.78 bits per heavy atom. The molecule has 2 N–H and O–H groups in total. The van der Waals surface area contributed by atoms with Crippen LogP contribution in [-0.4, -0.2) is 11.8 Å². The maximum Gasteiger partial charge on any atom is 0.128 e. The van der Waals surface area contributed by atoms with Crippen LogP contribution in [0, 0.1) is 11.8 Å². The fraction of sp³-hybridized carbons (Fsp3) is 0.0667. The van der Waals surface area contributed by atoms with Gasteiger partial charge >= 0.3 is 0 Å². The number of rotatable bonds is 3. The molecule has 0 radical (unpaired) electrons. The predicted octanol–water partition coefficient (Wildman–Crippen LogP) is 2.81. The van der Waals surface area contributed by atoms with Crippen molar-refractivity contribution in [1.29, 1.82) is 0 Å². The van der Waals surface area contributed by atoms with E-state index in [0.29, 0.717) is 0 Å². The Morgan fingerprint density at radius 3 is 2.56 bits per heavy atom. The first-order valence-electron chi connectivity index (χ1n) is 5.57. The maximum absolute atomic E-state index is 8.42. The van der Waals surface area contributed by atoms with Gasteiger partial charge in [-0.2, -0.15) is 5.48 Å². The Labute approximate surface area is 106 Å². The van der Waals surface area contributed by atoms with Gasteiger partial charge < -0.3 is 9.94 Å². The summed E-state index contributed by atoms with van der Waals surface area (Å²) in [5, 5.41) is 8.42. The van der Waals surface area contributed by atoms with Gasteiger partial charge in [-0.05, 0) is 30.3 Å². The highest BCUT2D eigenvalue weighted by Gasteiger charge is 1.96. The molecule has 3 heteroatoms. The van der Waals surface area contributed by atoms with E-state index in [9.17, 15) is 0 Å². The second kappa shape index (κ2) is 6.45. The van der Waals surface area contributed by atoms with Crippen molar-refractivity contribution in [3.8, 4) is 23.3 Å². The number of para-hydroxylation sites is 1. The van der Waals surface area contributed by atoms with Gasteiger partial charge in [-0.1, -0.05) is 36.1 Å². The predicted molar refractivity (Wildman–Crippen MR) is 69.6 cm³/mol. The lowest BCUT2D eigenvalue weighted by Gasteiger charge is -2.05. The zero-order chi connectivity index (χ0) is 12.6. The Morgan fingerprint density at radius 1 is 1.00 bits per heavy atom. The largest absolute Gasteiger partial charge is 0.457 e. The van der Waals surface area contributed by atoms with E-state index in [2.05, 4.69) is 11.8 Å². The number of ether oxygens (including phenoxy) is 1. The fourth-order valence-corrected chi connectivity index (χ4v) is 1.45. The number of benzene rings is 2. The van der Waals surface area contributed by atoms with Crippen LogP contribution in [0.1, 0.15) is 5.56 Å². The van der Waals surface area contributed by atoms with Crippen LogP contribution in [0.15, 0.2) is 54.6 Å². The van der Waals surface area contributed by atoms with Crippen LogP contribution in [0.5, 0.6) is 11.5 Å². The van der Waals surface area contributed by atoms with Gasteiger partial charge in [-0.25, -0.2) is 0 Å². The lowest BCUT2D eigenvalue weighted by atomic mass is 10.2. The molecule has 0 bridgehead atoms. The molecule has 90 valence electrons. The van der Waals surface area contributed by atoms with E-state index in [4.69, 9.17) is 9.94 Å². The first kappa shape index (κ1) is 12.2. The summed E-state index contributed by atoms with van der Waals surface area (Å²) in [6.07, 6.45) is 0. The summed E-state index contributed by atoms with van der Waals surface area (Å²) < 4.78 is 5.69. The molecule has 0 aliphatic heterocycles. The average Bonchev–Trinajstić information content (AvgIpc) is 2.41. The van der Waals surface area contributed by atoms with E-state index in [1.807, 2.05) is 60.1 Å². The van der Waals surface area contributed by atoms with Gasteiger partial charge in [-0.3, -0.25) is 0 Å². The van der Waals surface area contributed by atoms with Crippen LogP contribution in [0.4, 0.5) is 0 Å². The van der Waals surface area contributed by atoms with Crippen molar-refractivity contribution >= 4 is 0 Å². The first-order chi connectivity index (χ1) is 8.88. The highest BCUT2D eigenvalue weighted by atomic mass is 16.5. The average molecular weight is 239 g/mol. The van der Waals surface area contributed by atoms with Crippen LogP contribution in [0.3, 0.4) is 0 Å². The monoisotopic (exact) mass is 239 g/mol. The molecule has 0 aromatic heterocycles. The quantitative estimate of drug-likeness (QED) is 0.639. The van der Waals surface area contributed by atoms with Crippen LogP contribution in [0.2, 0.25) is 0 Å². The SMILES string of the molecule is ONCC#Cc1cccc(Oc2ccccc2)c1. The molecular formula is C15H13NO2. The number of hydrogen-bond donors (Lipinski definition) is 2. The van der Waals surface area contributed by atoms with Crippen LogP contribution >= 0.6 is 0 Å². The van der Waals surface area contributed by atoms with Gasteiger partial charge in [0.05, 0.1) is 6.54 Å². The molecule has 0 amide bonds. The van der Waals surface area contributed by atoms with Crippen LogP contribution in [0.25, 0.3) is 0 Å². The molecule has 0 saturated carbocycles. The summed E-state index contributed by atoms with van der Waals surface area (Å²) in [6, 6.07) is 17.1. The molecular weight excluding hydrogens is 226 g/mol. The summed E-state index contributed by atoms with van der Waals surface area (Å²) >= 11 is 0. The van der Waals surface area contributed by atoms with Gasteiger partial charge in [0.25, 0.3) is 0 Å². The number of nitrogens with one attached hydrogen (secondary N) is 1. The second-order valence-corrected chi connectivity index (χ2v) is 3.58. The lowest BCUT2D eigenvalue weighted by Crippen LogP contribution is -2.05. The molecule has 0 heterocycles. The summed E-state index contributed by atoms with van der Waals surface area (Å²) in [7, 11) is 0. The van der Waals surface area contributed by atoms with Gasteiger partial charge in [0.15, 0.2) is 0 Å². The van der Waals surface area contributed by atoms with Gasteiger partial charge in [0.1, 0.15) is 11.5 Å². The van der Waals surface area contributed by atoms with Crippen molar-refractivity contribution in [3.63, 3.8) is 0 Å². The van der Waals surface area contributed by atoms with Crippen molar-refractivity contribution in [1.82, 2.24) is 5.48 Å². The minimum atomic E-state index is 0.240. The minimum Gasteiger partial charge on any atom is -0.457 e. The Bertz CT molecular complexity index is 555. The topological polar surface area (TPSA) is 41.5 Å². The molecule has 2 aromatic rings. The third-order valence-electron chi connectivity index (χ3n) is 2.21. The summed E-state index contributed by atoms with van der Waals surface area (Å²) in [4.78, 5) is 0. The first-order valence-corrected chi connectivity index (χ1v) is 5.57. The maximum atomic E-state index is 8.42. The van der Waals surface area contributed by atoms with Crippen LogP contribution < -0.4 is 10.2 Å². The van der Waals surface area contributed by atoms with Crippen molar-refractivity contribution in [2.75, 3.05) is 6.54 Å². The minimum absolute atomic E-state index is 0.240. The summed E-state index contributed by atoms with van der Waals surface area (Å²) in [6.45, 7) is 0.240. The molecule has 0 atom stereocenters. The van der Waals surface area contributed by atoms with Crippen LogP contribution in [-0.2, 0) is 0 Å². The van der Waals surface area contributed by atoms with E-state index in [-0.39, 0.29) is 6.54 Å². The number of hydrogen-bond acceptors (Lipinski definition) is 3. The smallest absolute Gasteiger partial charge is 0.128 e. The van der Waals surface area contributed by atoms with E-state index in [1.165, 1.54) is 0 Å². The van der Waals surface area contributed by atoms with E-state index < -0.39 is 0 Å². The van der Waals surface area contributed by atoms with Gasteiger partial charge in [-0.15, -0.1) is 0 Å². The van der Waals surface area contributed by atoms with Crippen molar-refractivity contribution < 1.29 is 9.94 Å². The molecule has 0 aliphatic rings. The molecule has 0 fully saturated rings.